The Morgan fingerprint density at radius 3 is 2.71 bits per heavy atom. The Balaban J connectivity index is 2.39. The van der Waals surface area contributed by atoms with Crippen molar-refractivity contribution in [3.8, 4) is 11.5 Å². The predicted octanol–water partition coefficient (Wildman–Crippen LogP) is 2.96. The molecule has 0 amide bonds. The molecule has 2 aromatic rings. The Morgan fingerprint density at radius 1 is 1.33 bits per heavy atom. The molecule has 0 aliphatic carbocycles. The van der Waals surface area contributed by atoms with Crippen LogP contribution in [0.2, 0.25) is 0 Å². The van der Waals surface area contributed by atoms with E-state index in [1.54, 1.807) is 25.6 Å². The van der Waals surface area contributed by atoms with Crippen LogP contribution in [-0.2, 0) is 6.42 Å². The van der Waals surface area contributed by atoms with Crippen molar-refractivity contribution in [2.45, 2.75) is 13.3 Å². The Morgan fingerprint density at radius 2 is 2.12 bits per heavy atom. The van der Waals surface area contributed by atoms with Crippen molar-refractivity contribution in [1.82, 2.24) is 9.66 Å². The molecular formula is C18H22N4O2. The van der Waals surface area contributed by atoms with Gasteiger partial charge in [-0.15, -0.1) is 6.58 Å². The number of hydrogen-bond acceptors (Lipinski definition) is 5. The highest BCUT2D eigenvalue weighted by Gasteiger charge is 2.12. The van der Waals surface area contributed by atoms with E-state index in [2.05, 4.69) is 23.2 Å². The number of ether oxygens (including phenoxy) is 2. The van der Waals surface area contributed by atoms with Crippen LogP contribution in [0.4, 0.5) is 5.95 Å². The Kier molecular flexibility index (Phi) is 5.78. The van der Waals surface area contributed by atoms with E-state index in [0.717, 1.165) is 16.8 Å². The predicted molar refractivity (Wildman–Crippen MR) is 97.0 cm³/mol. The summed E-state index contributed by atoms with van der Waals surface area (Å²) in [7, 11) is 1.60. The minimum absolute atomic E-state index is 0.341. The quantitative estimate of drug-likeness (QED) is 0.598. The summed E-state index contributed by atoms with van der Waals surface area (Å²) in [5.74, 6) is 1.66. The molecule has 1 aromatic carbocycles. The van der Waals surface area contributed by atoms with Crippen LogP contribution in [-0.4, -0.2) is 29.6 Å². The van der Waals surface area contributed by atoms with Gasteiger partial charge in [-0.05, 0) is 31.0 Å². The van der Waals surface area contributed by atoms with Crippen LogP contribution >= 0.6 is 0 Å². The topological polar surface area (TPSA) is 74.7 Å². The van der Waals surface area contributed by atoms with E-state index in [1.807, 2.05) is 25.1 Å². The van der Waals surface area contributed by atoms with Crippen LogP contribution in [0.25, 0.3) is 0 Å². The molecule has 1 aromatic heterocycles. The van der Waals surface area contributed by atoms with Crippen LogP contribution in [0.5, 0.6) is 11.5 Å². The molecular weight excluding hydrogens is 304 g/mol. The highest BCUT2D eigenvalue weighted by atomic mass is 16.5. The number of methoxy groups -OCH3 is 1. The molecule has 0 bridgehead atoms. The summed E-state index contributed by atoms with van der Waals surface area (Å²) < 4.78 is 12.7. The fourth-order valence-corrected chi connectivity index (χ4v) is 2.25. The standard InChI is InChI=1S/C18H22N4O2/c1-5-7-15-9-14(10-16(23-4)17(15)24-8-6-2)11-20-22-12-13(3)21-18(22)19/h5-6,9-12H,1-2,7-8H2,3-4H3,(H2,19,21). The van der Waals surface area contributed by atoms with Crippen molar-refractivity contribution < 1.29 is 9.47 Å². The second-order valence-corrected chi connectivity index (χ2v) is 5.13. The fraction of sp³-hybridized carbons (Fsp3) is 0.222. The molecule has 0 aliphatic rings. The first-order valence-electron chi connectivity index (χ1n) is 7.50. The minimum atomic E-state index is 0.341. The summed E-state index contributed by atoms with van der Waals surface area (Å²) in [6.07, 6.45) is 7.61. The van der Waals surface area contributed by atoms with E-state index in [4.69, 9.17) is 15.2 Å². The molecule has 0 saturated carbocycles. The lowest BCUT2D eigenvalue weighted by molar-refractivity contribution is 0.323. The number of anilines is 1. The summed E-state index contributed by atoms with van der Waals surface area (Å²) in [6, 6.07) is 3.83. The van der Waals surface area contributed by atoms with E-state index in [0.29, 0.717) is 30.5 Å². The normalized spacial score (nSPS) is 10.8. The SMILES string of the molecule is C=CCOc1c(CC=C)cc(C=Nn2cc(C)nc2N)cc1OC. The summed E-state index contributed by atoms with van der Waals surface area (Å²) in [5, 5.41) is 4.33. The number of imidazole rings is 1. The van der Waals surface area contributed by atoms with Gasteiger partial charge in [0, 0.05) is 5.56 Å². The molecule has 0 spiro atoms. The smallest absolute Gasteiger partial charge is 0.221 e. The molecule has 6 heteroatoms. The van der Waals surface area contributed by atoms with Gasteiger partial charge in [0.25, 0.3) is 0 Å². The maximum absolute atomic E-state index is 5.79. The van der Waals surface area contributed by atoms with Gasteiger partial charge < -0.3 is 15.2 Å². The third-order valence-corrected chi connectivity index (χ3v) is 3.25. The zero-order chi connectivity index (χ0) is 17.5. The molecule has 24 heavy (non-hydrogen) atoms. The van der Waals surface area contributed by atoms with Crippen molar-refractivity contribution in [2.24, 2.45) is 5.10 Å². The van der Waals surface area contributed by atoms with E-state index in [9.17, 15) is 0 Å². The number of rotatable bonds is 8. The van der Waals surface area contributed by atoms with Gasteiger partial charge in [0.15, 0.2) is 11.5 Å². The Labute approximate surface area is 141 Å². The average molecular weight is 326 g/mol. The van der Waals surface area contributed by atoms with E-state index in [1.165, 1.54) is 4.68 Å². The number of allylic oxidation sites excluding steroid dienone is 1. The molecule has 0 radical (unpaired) electrons. The number of nitrogens with two attached hydrogens (primary N) is 1. The first-order chi connectivity index (χ1) is 11.6. The Hall–Kier alpha value is -3.02. The maximum Gasteiger partial charge on any atom is 0.221 e. The van der Waals surface area contributed by atoms with Gasteiger partial charge in [0.2, 0.25) is 5.95 Å². The third kappa shape index (κ3) is 4.04. The second-order valence-electron chi connectivity index (χ2n) is 5.13. The summed E-state index contributed by atoms with van der Waals surface area (Å²) in [5.41, 5.74) is 8.42. The highest BCUT2D eigenvalue weighted by molar-refractivity contribution is 5.81. The average Bonchev–Trinajstić information content (AvgIpc) is 2.89. The molecule has 0 saturated heterocycles. The Bertz CT molecular complexity index is 763. The van der Waals surface area contributed by atoms with E-state index in [-0.39, 0.29) is 0 Å². The van der Waals surface area contributed by atoms with E-state index >= 15 is 0 Å². The van der Waals surface area contributed by atoms with Crippen LogP contribution in [0, 0.1) is 6.92 Å². The van der Waals surface area contributed by atoms with Crippen molar-refractivity contribution in [3.63, 3.8) is 0 Å². The van der Waals surface area contributed by atoms with Crippen LogP contribution in [0.1, 0.15) is 16.8 Å². The molecule has 126 valence electrons. The lowest BCUT2D eigenvalue weighted by Crippen LogP contribution is -2.02. The van der Waals surface area contributed by atoms with Gasteiger partial charge in [-0.3, -0.25) is 0 Å². The minimum Gasteiger partial charge on any atom is -0.493 e. The zero-order valence-corrected chi connectivity index (χ0v) is 14.0. The van der Waals surface area contributed by atoms with Crippen molar-refractivity contribution in [3.05, 3.63) is 60.5 Å². The van der Waals surface area contributed by atoms with Crippen molar-refractivity contribution >= 4 is 12.2 Å². The van der Waals surface area contributed by atoms with Gasteiger partial charge >= 0.3 is 0 Å². The van der Waals surface area contributed by atoms with Gasteiger partial charge in [0.1, 0.15) is 6.61 Å². The van der Waals surface area contributed by atoms with Crippen LogP contribution in [0.15, 0.2) is 48.7 Å². The number of nitrogen functional groups attached to an aromatic ring is 1. The molecule has 0 unspecified atom stereocenters. The molecule has 2 rings (SSSR count). The summed E-state index contributed by atoms with van der Waals surface area (Å²) >= 11 is 0. The third-order valence-electron chi connectivity index (χ3n) is 3.25. The van der Waals surface area contributed by atoms with Crippen LogP contribution < -0.4 is 15.2 Å². The lowest BCUT2D eigenvalue weighted by Gasteiger charge is -2.14. The second kappa shape index (κ2) is 8.01. The van der Waals surface area contributed by atoms with Crippen molar-refractivity contribution in [1.29, 1.82) is 0 Å². The molecule has 0 atom stereocenters. The highest BCUT2D eigenvalue weighted by Crippen LogP contribution is 2.33. The first-order valence-corrected chi connectivity index (χ1v) is 7.50. The van der Waals surface area contributed by atoms with E-state index < -0.39 is 0 Å². The van der Waals surface area contributed by atoms with Gasteiger partial charge in [0.05, 0.1) is 25.2 Å². The number of aromatic nitrogens is 2. The lowest BCUT2D eigenvalue weighted by atomic mass is 10.1. The number of benzene rings is 1. The van der Waals surface area contributed by atoms with Gasteiger partial charge in [-0.25, -0.2) is 9.66 Å². The molecule has 1 heterocycles. The number of nitrogens with zero attached hydrogens (tertiary/aromatic N) is 3. The number of hydrogen-bond donors (Lipinski definition) is 1. The monoisotopic (exact) mass is 326 g/mol. The summed E-state index contributed by atoms with van der Waals surface area (Å²) in [6.45, 7) is 9.72. The number of aryl methyl sites for hydroxylation is 1. The summed E-state index contributed by atoms with van der Waals surface area (Å²) in [4.78, 5) is 4.11. The maximum atomic E-state index is 5.79. The van der Waals surface area contributed by atoms with Gasteiger partial charge in [-0.1, -0.05) is 18.7 Å². The fourth-order valence-electron chi connectivity index (χ4n) is 2.25. The zero-order valence-electron chi connectivity index (χ0n) is 14.0. The van der Waals surface area contributed by atoms with Gasteiger partial charge in [-0.2, -0.15) is 5.10 Å². The first kappa shape index (κ1) is 17.3. The van der Waals surface area contributed by atoms with Crippen LogP contribution in [0.3, 0.4) is 0 Å². The molecule has 0 aliphatic heterocycles. The van der Waals surface area contributed by atoms with Crippen molar-refractivity contribution in [2.75, 3.05) is 19.5 Å². The largest absolute Gasteiger partial charge is 0.493 e. The molecule has 6 nitrogen and oxygen atoms in total. The molecule has 2 N–H and O–H groups in total. The molecule has 0 fully saturated rings.